The number of rotatable bonds is 8. The van der Waals surface area contributed by atoms with E-state index in [4.69, 9.17) is 0 Å². The average Bonchev–Trinajstić information content (AvgIpc) is 3.16. The number of aryl methyl sites for hydroxylation is 1. The van der Waals surface area contributed by atoms with E-state index < -0.39 is 34.9 Å². The highest BCUT2D eigenvalue weighted by Crippen LogP contribution is 2.39. The molecule has 2 aromatic rings. The molecule has 0 bridgehead atoms. The number of hydrogen-bond acceptors (Lipinski definition) is 5. The molecule has 9 heteroatoms. The van der Waals surface area contributed by atoms with E-state index in [1.54, 1.807) is 6.92 Å². The molecule has 188 valence electrons. The predicted octanol–water partition coefficient (Wildman–Crippen LogP) is 2.54. The summed E-state index contributed by atoms with van der Waals surface area (Å²) in [5, 5.41) is 19.0. The molecule has 1 heterocycles. The van der Waals surface area contributed by atoms with Crippen LogP contribution in [0.1, 0.15) is 37.5 Å². The molecule has 1 aliphatic heterocycles. The Morgan fingerprint density at radius 3 is 2.40 bits per heavy atom. The van der Waals surface area contributed by atoms with Gasteiger partial charge in [0.15, 0.2) is 6.10 Å². The summed E-state index contributed by atoms with van der Waals surface area (Å²) in [5.74, 6) is -0.585. The van der Waals surface area contributed by atoms with Crippen molar-refractivity contribution in [3.05, 3.63) is 71.3 Å². The zero-order valence-corrected chi connectivity index (χ0v) is 21.4. The second-order valence-electron chi connectivity index (χ2n) is 9.28. The molecule has 3 rings (SSSR count). The van der Waals surface area contributed by atoms with Crippen molar-refractivity contribution in [3.63, 3.8) is 0 Å². The molecule has 3 unspecified atom stereocenters. The molecular formula is C26H34N4O4S. The standard InChI is InChI=1S/C26H34N4O4S/c1-17-10-8-9-13-20(17)15-27-23(32)22-26(3,4)35-16-30(22)24(33)21(31)18(2)29-25(34)28-14-19-11-6-5-7-12-19/h5-13,18,21-22,31H,14-16H2,1-4H3,(H,27,32)(H2,28,29,34). The molecule has 8 nitrogen and oxygen atoms in total. The zero-order chi connectivity index (χ0) is 25.6. The second-order valence-corrected chi connectivity index (χ2v) is 10.9. The Kier molecular flexibility index (Phi) is 8.80. The normalized spacial score (nSPS) is 18.4. The first-order valence-corrected chi connectivity index (χ1v) is 12.6. The lowest BCUT2D eigenvalue weighted by Crippen LogP contribution is -2.58. The molecule has 1 fully saturated rings. The van der Waals surface area contributed by atoms with E-state index in [-0.39, 0.29) is 11.8 Å². The number of hydrogen-bond donors (Lipinski definition) is 4. The fraction of sp³-hybridized carbons (Fsp3) is 0.423. The summed E-state index contributed by atoms with van der Waals surface area (Å²) in [6, 6.07) is 15.1. The van der Waals surface area contributed by atoms with Crippen LogP contribution in [-0.4, -0.2) is 56.7 Å². The summed E-state index contributed by atoms with van der Waals surface area (Å²) in [5.41, 5.74) is 3.01. The number of aliphatic hydroxyl groups is 1. The van der Waals surface area contributed by atoms with Crippen LogP contribution in [0.3, 0.4) is 0 Å². The van der Waals surface area contributed by atoms with Gasteiger partial charge in [0, 0.05) is 17.8 Å². The van der Waals surface area contributed by atoms with Gasteiger partial charge in [-0.05, 0) is 44.4 Å². The van der Waals surface area contributed by atoms with Crippen LogP contribution in [0.25, 0.3) is 0 Å². The Bertz CT molecular complexity index is 1050. The smallest absolute Gasteiger partial charge is 0.315 e. The van der Waals surface area contributed by atoms with Crippen LogP contribution < -0.4 is 16.0 Å². The topological polar surface area (TPSA) is 111 Å². The molecule has 3 atom stereocenters. The molecule has 0 spiro atoms. The van der Waals surface area contributed by atoms with Gasteiger partial charge in [-0.1, -0.05) is 54.6 Å². The van der Waals surface area contributed by atoms with Crippen molar-refractivity contribution in [1.29, 1.82) is 0 Å². The van der Waals surface area contributed by atoms with Gasteiger partial charge in [-0.3, -0.25) is 9.59 Å². The quantitative estimate of drug-likeness (QED) is 0.447. The number of thioether (sulfide) groups is 1. The second kappa shape index (κ2) is 11.6. The van der Waals surface area contributed by atoms with Crippen molar-refractivity contribution < 1.29 is 19.5 Å². The van der Waals surface area contributed by atoms with E-state index in [0.717, 1.165) is 16.7 Å². The Morgan fingerprint density at radius 1 is 1.06 bits per heavy atom. The summed E-state index contributed by atoms with van der Waals surface area (Å²) in [4.78, 5) is 40.0. The van der Waals surface area contributed by atoms with Gasteiger partial charge >= 0.3 is 6.03 Å². The molecule has 1 saturated heterocycles. The maximum absolute atomic E-state index is 13.2. The molecular weight excluding hydrogens is 464 g/mol. The third kappa shape index (κ3) is 6.76. The molecule has 0 radical (unpaired) electrons. The van der Waals surface area contributed by atoms with E-state index >= 15 is 0 Å². The average molecular weight is 499 g/mol. The van der Waals surface area contributed by atoms with Crippen LogP contribution in [0, 0.1) is 6.92 Å². The van der Waals surface area contributed by atoms with Crippen molar-refractivity contribution in [1.82, 2.24) is 20.9 Å². The highest BCUT2D eigenvalue weighted by Gasteiger charge is 2.49. The van der Waals surface area contributed by atoms with Gasteiger partial charge in [0.05, 0.1) is 11.9 Å². The minimum absolute atomic E-state index is 0.273. The van der Waals surface area contributed by atoms with Crippen LogP contribution in [0.15, 0.2) is 54.6 Å². The molecule has 1 aliphatic rings. The van der Waals surface area contributed by atoms with Crippen molar-refractivity contribution in [2.24, 2.45) is 0 Å². The lowest BCUT2D eigenvalue weighted by atomic mass is 9.99. The fourth-order valence-electron chi connectivity index (χ4n) is 4.00. The van der Waals surface area contributed by atoms with Gasteiger partial charge in [0.25, 0.3) is 5.91 Å². The first kappa shape index (κ1) is 26.6. The Balaban J connectivity index is 1.59. The number of nitrogens with zero attached hydrogens (tertiary/aromatic N) is 1. The van der Waals surface area contributed by atoms with E-state index in [9.17, 15) is 19.5 Å². The number of nitrogens with one attached hydrogen (secondary N) is 3. The van der Waals surface area contributed by atoms with E-state index in [1.807, 2.05) is 75.4 Å². The van der Waals surface area contributed by atoms with Crippen molar-refractivity contribution in [3.8, 4) is 0 Å². The third-order valence-electron chi connectivity index (χ3n) is 6.17. The largest absolute Gasteiger partial charge is 0.381 e. The summed E-state index contributed by atoms with van der Waals surface area (Å²) in [6.07, 6.45) is -1.49. The summed E-state index contributed by atoms with van der Waals surface area (Å²) < 4.78 is -0.533. The molecule has 0 saturated carbocycles. The Labute approximate surface area is 210 Å². The molecule has 35 heavy (non-hydrogen) atoms. The number of benzene rings is 2. The number of carbonyl (C=O) groups is 3. The van der Waals surface area contributed by atoms with Crippen LogP contribution in [0.5, 0.6) is 0 Å². The third-order valence-corrected chi connectivity index (χ3v) is 7.55. The lowest BCUT2D eigenvalue weighted by molar-refractivity contribution is -0.147. The Morgan fingerprint density at radius 2 is 1.71 bits per heavy atom. The van der Waals surface area contributed by atoms with Crippen LogP contribution in [0.2, 0.25) is 0 Å². The highest BCUT2D eigenvalue weighted by atomic mass is 32.2. The van der Waals surface area contributed by atoms with Crippen LogP contribution in [-0.2, 0) is 22.7 Å². The highest BCUT2D eigenvalue weighted by molar-refractivity contribution is 8.00. The van der Waals surface area contributed by atoms with E-state index in [1.165, 1.54) is 16.7 Å². The molecule has 0 aliphatic carbocycles. The van der Waals surface area contributed by atoms with Crippen LogP contribution >= 0.6 is 11.8 Å². The summed E-state index contributed by atoms with van der Waals surface area (Å²) >= 11 is 1.48. The maximum atomic E-state index is 13.2. The summed E-state index contributed by atoms with van der Waals surface area (Å²) in [7, 11) is 0. The summed E-state index contributed by atoms with van der Waals surface area (Å²) in [6.45, 7) is 8.04. The molecule has 4 amide bonds. The SMILES string of the molecule is Cc1ccccc1CNC(=O)C1N(C(=O)C(O)C(C)NC(=O)NCc2ccccc2)CSC1(C)C. The lowest BCUT2D eigenvalue weighted by Gasteiger charge is -2.32. The van der Waals surface area contributed by atoms with E-state index in [2.05, 4.69) is 16.0 Å². The Hall–Kier alpha value is -3.04. The van der Waals surface area contributed by atoms with E-state index in [0.29, 0.717) is 13.1 Å². The van der Waals surface area contributed by atoms with Gasteiger partial charge in [-0.2, -0.15) is 0 Å². The minimum atomic E-state index is -1.49. The number of amides is 4. The maximum Gasteiger partial charge on any atom is 0.315 e. The molecule has 0 aromatic heterocycles. The van der Waals surface area contributed by atoms with Crippen molar-refractivity contribution >= 4 is 29.6 Å². The monoisotopic (exact) mass is 498 g/mol. The first-order valence-electron chi connectivity index (χ1n) is 11.6. The zero-order valence-electron chi connectivity index (χ0n) is 20.6. The van der Waals surface area contributed by atoms with Crippen molar-refractivity contribution in [2.45, 2.75) is 63.7 Å². The number of carbonyl (C=O) groups excluding carboxylic acids is 3. The van der Waals surface area contributed by atoms with Gasteiger partial charge < -0.3 is 26.0 Å². The van der Waals surface area contributed by atoms with Gasteiger partial charge in [-0.15, -0.1) is 11.8 Å². The predicted molar refractivity (Wildman–Crippen MR) is 137 cm³/mol. The first-order chi connectivity index (χ1) is 16.6. The van der Waals surface area contributed by atoms with Gasteiger partial charge in [-0.25, -0.2) is 4.79 Å². The van der Waals surface area contributed by atoms with Crippen LogP contribution in [0.4, 0.5) is 4.79 Å². The van der Waals surface area contributed by atoms with Crippen molar-refractivity contribution in [2.75, 3.05) is 5.88 Å². The minimum Gasteiger partial charge on any atom is -0.381 e. The molecule has 2 aromatic carbocycles. The van der Waals surface area contributed by atoms with Gasteiger partial charge in [0.2, 0.25) is 5.91 Å². The fourth-order valence-corrected chi connectivity index (χ4v) is 5.14. The number of urea groups is 1. The number of aliphatic hydroxyl groups excluding tert-OH is 1. The van der Waals surface area contributed by atoms with Gasteiger partial charge in [0.1, 0.15) is 6.04 Å². The molecule has 4 N–H and O–H groups in total.